The molecule has 3 nitrogen and oxygen atoms in total. The number of methoxy groups -OCH3 is 1. The molecule has 0 spiro atoms. The van der Waals surface area contributed by atoms with E-state index in [2.05, 4.69) is 76.3 Å². The van der Waals surface area contributed by atoms with Crippen LogP contribution in [-0.2, 0) is 0 Å². The summed E-state index contributed by atoms with van der Waals surface area (Å²) < 4.78 is 5.31. The van der Waals surface area contributed by atoms with Gasteiger partial charge in [-0.05, 0) is 49.9 Å². The van der Waals surface area contributed by atoms with E-state index >= 15 is 0 Å². The van der Waals surface area contributed by atoms with Gasteiger partial charge >= 0.3 is 0 Å². The zero-order valence-electron chi connectivity index (χ0n) is 17.7. The molecule has 2 aromatic carbocycles. The lowest BCUT2D eigenvalue weighted by Crippen LogP contribution is -2.35. The molecule has 0 radical (unpaired) electrons. The maximum absolute atomic E-state index is 5.31. The third kappa shape index (κ3) is 5.14. The molecule has 0 aliphatic heterocycles. The molecular weight excluding hydrogens is 364 g/mol. The number of aromatic nitrogens is 1. The molecular formula is C24H30N2OS. The van der Waals surface area contributed by atoms with Crippen molar-refractivity contribution in [3.8, 4) is 27.6 Å². The van der Waals surface area contributed by atoms with E-state index in [1.54, 1.807) is 18.4 Å². The van der Waals surface area contributed by atoms with Crippen LogP contribution in [0, 0.1) is 5.41 Å². The Hall–Kier alpha value is -2.33. The molecule has 148 valence electrons. The molecule has 0 aliphatic carbocycles. The lowest BCUT2D eigenvalue weighted by Gasteiger charge is -2.33. The summed E-state index contributed by atoms with van der Waals surface area (Å²) in [5.41, 5.74) is 3.43. The number of hydrogen-bond acceptors (Lipinski definition) is 4. The Balaban J connectivity index is 2.02. The fraction of sp³-hybridized carbons (Fsp3) is 0.375. The summed E-state index contributed by atoms with van der Waals surface area (Å²) in [4.78, 5) is 5.00. The standard InChI is InChI=1S/C24H30N2OS/c1-23(2,3)16-24(4,5)26-22-20(17-12-14-19(27-6)15-13-17)25-21(28-22)18-10-8-7-9-11-18/h7-15,26H,16H2,1-6H3. The first-order valence-electron chi connectivity index (χ1n) is 9.66. The van der Waals surface area contributed by atoms with Gasteiger partial charge in [-0.2, -0.15) is 0 Å². The van der Waals surface area contributed by atoms with Crippen molar-refractivity contribution in [3.63, 3.8) is 0 Å². The quantitative estimate of drug-likeness (QED) is 0.483. The molecule has 0 fully saturated rings. The zero-order valence-corrected chi connectivity index (χ0v) is 18.5. The monoisotopic (exact) mass is 394 g/mol. The van der Waals surface area contributed by atoms with E-state index in [0.29, 0.717) is 0 Å². The fourth-order valence-electron chi connectivity index (χ4n) is 3.73. The van der Waals surface area contributed by atoms with Gasteiger partial charge in [-0.1, -0.05) is 62.4 Å². The van der Waals surface area contributed by atoms with Gasteiger partial charge in [0.25, 0.3) is 0 Å². The fourth-order valence-corrected chi connectivity index (χ4v) is 4.90. The van der Waals surface area contributed by atoms with Gasteiger partial charge in [0.2, 0.25) is 0 Å². The highest BCUT2D eigenvalue weighted by Crippen LogP contribution is 2.41. The Morgan fingerprint density at radius 1 is 0.893 bits per heavy atom. The summed E-state index contributed by atoms with van der Waals surface area (Å²) in [7, 11) is 1.69. The lowest BCUT2D eigenvalue weighted by atomic mass is 9.82. The van der Waals surface area contributed by atoms with Crippen molar-refractivity contribution in [1.29, 1.82) is 0 Å². The van der Waals surface area contributed by atoms with E-state index < -0.39 is 0 Å². The summed E-state index contributed by atoms with van der Waals surface area (Å²) in [5, 5.41) is 5.92. The van der Waals surface area contributed by atoms with Crippen molar-refractivity contribution in [2.45, 2.75) is 46.6 Å². The predicted molar refractivity (Wildman–Crippen MR) is 121 cm³/mol. The van der Waals surface area contributed by atoms with Crippen molar-refractivity contribution in [3.05, 3.63) is 54.6 Å². The van der Waals surface area contributed by atoms with E-state index in [9.17, 15) is 0 Å². The molecule has 0 saturated carbocycles. The Kier molecular flexibility index (Phi) is 5.80. The summed E-state index contributed by atoms with van der Waals surface area (Å²) in [6, 6.07) is 18.5. The Morgan fingerprint density at radius 2 is 1.54 bits per heavy atom. The predicted octanol–water partition coefficient (Wildman–Crippen LogP) is 7.11. The molecule has 1 N–H and O–H groups in total. The number of nitrogens with zero attached hydrogens (tertiary/aromatic N) is 1. The second-order valence-electron chi connectivity index (χ2n) is 9.04. The van der Waals surface area contributed by atoms with Gasteiger partial charge in [-0.25, -0.2) is 4.98 Å². The van der Waals surface area contributed by atoms with Crippen molar-refractivity contribution in [1.82, 2.24) is 4.98 Å². The average Bonchev–Trinajstić information content (AvgIpc) is 3.03. The van der Waals surface area contributed by atoms with Crippen LogP contribution in [0.5, 0.6) is 5.75 Å². The van der Waals surface area contributed by atoms with E-state index in [-0.39, 0.29) is 11.0 Å². The second-order valence-corrected chi connectivity index (χ2v) is 10.0. The maximum Gasteiger partial charge on any atom is 0.126 e. The normalized spacial score (nSPS) is 12.1. The number of hydrogen-bond donors (Lipinski definition) is 1. The molecule has 0 unspecified atom stereocenters. The molecule has 3 aromatic rings. The topological polar surface area (TPSA) is 34.1 Å². The van der Waals surface area contributed by atoms with Crippen LogP contribution in [0.4, 0.5) is 5.00 Å². The van der Waals surface area contributed by atoms with Crippen LogP contribution in [0.1, 0.15) is 41.0 Å². The molecule has 0 saturated heterocycles. The van der Waals surface area contributed by atoms with Crippen molar-refractivity contribution in [2.24, 2.45) is 5.41 Å². The van der Waals surface area contributed by atoms with Crippen LogP contribution in [0.3, 0.4) is 0 Å². The molecule has 1 heterocycles. The molecule has 4 heteroatoms. The smallest absolute Gasteiger partial charge is 0.126 e. The molecule has 0 bridgehead atoms. The summed E-state index contributed by atoms with van der Waals surface area (Å²) in [6.07, 6.45) is 1.06. The van der Waals surface area contributed by atoms with Crippen LogP contribution in [-0.4, -0.2) is 17.6 Å². The van der Waals surface area contributed by atoms with Crippen molar-refractivity contribution in [2.75, 3.05) is 12.4 Å². The van der Waals surface area contributed by atoms with Gasteiger partial charge in [-0.15, -0.1) is 0 Å². The van der Waals surface area contributed by atoms with Crippen molar-refractivity contribution >= 4 is 16.3 Å². The molecule has 1 aromatic heterocycles. The van der Waals surface area contributed by atoms with E-state index in [4.69, 9.17) is 9.72 Å². The van der Waals surface area contributed by atoms with E-state index in [0.717, 1.165) is 39.0 Å². The lowest BCUT2D eigenvalue weighted by molar-refractivity contribution is 0.303. The van der Waals surface area contributed by atoms with Gasteiger partial charge in [0.05, 0.1) is 7.11 Å². The van der Waals surface area contributed by atoms with Gasteiger partial charge < -0.3 is 10.1 Å². The first-order chi connectivity index (χ1) is 13.2. The summed E-state index contributed by atoms with van der Waals surface area (Å²) >= 11 is 1.72. The van der Waals surface area contributed by atoms with E-state index in [1.165, 1.54) is 0 Å². The highest BCUT2D eigenvalue weighted by atomic mass is 32.1. The second kappa shape index (κ2) is 7.96. The van der Waals surface area contributed by atoms with Gasteiger partial charge in [-0.3, -0.25) is 0 Å². The number of rotatable bonds is 6. The summed E-state index contributed by atoms with van der Waals surface area (Å²) in [6.45, 7) is 11.4. The van der Waals surface area contributed by atoms with Crippen molar-refractivity contribution < 1.29 is 4.74 Å². The highest BCUT2D eigenvalue weighted by molar-refractivity contribution is 7.19. The largest absolute Gasteiger partial charge is 0.497 e. The number of benzene rings is 2. The zero-order chi connectivity index (χ0) is 20.4. The number of nitrogens with one attached hydrogen (secondary N) is 1. The maximum atomic E-state index is 5.31. The Labute approximate surface area is 172 Å². The molecule has 0 aliphatic rings. The molecule has 28 heavy (non-hydrogen) atoms. The average molecular weight is 395 g/mol. The van der Waals surface area contributed by atoms with Gasteiger partial charge in [0, 0.05) is 16.7 Å². The van der Waals surface area contributed by atoms with E-state index in [1.807, 2.05) is 18.2 Å². The molecule has 3 rings (SSSR count). The van der Waals surface area contributed by atoms with Crippen LogP contribution in [0.25, 0.3) is 21.8 Å². The third-order valence-corrected chi connectivity index (χ3v) is 5.46. The Bertz CT molecular complexity index is 906. The SMILES string of the molecule is COc1ccc(-c2nc(-c3ccccc3)sc2NC(C)(C)CC(C)(C)C)cc1. The number of anilines is 1. The van der Waals surface area contributed by atoms with Crippen LogP contribution < -0.4 is 10.1 Å². The number of thiazole rings is 1. The van der Waals surface area contributed by atoms with Crippen LogP contribution >= 0.6 is 11.3 Å². The summed E-state index contributed by atoms with van der Waals surface area (Å²) in [5.74, 6) is 0.852. The minimum atomic E-state index is -0.0417. The van der Waals surface area contributed by atoms with Gasteiger partial charge in [0.15, 0.2) is 0 Å². The molecule has 0 atom stereocenters. The Morgan fingerprint density at radius 3 is 2.11 bits per heavy atom. The molecule has 0 amide bonds. The van der Waals surface area contributed by atoms with Gasteiger partial charge in [0.1, 0.15) is 21.5 Å². The first kappa shape index (κ1) is 20.4. The number of ether oxygens (including phenoxy) is 1. The minimum Gasteiger partial charge on any atom is -0.497 e. The highest BCUT2D eigenvalue weighted by Gasteiger charge is 2.27. The van der Waals surface area contributed by atoms with Crippen LogP contribution in [0.2, 0.25) is 0 Å². The van der Waals surface area contributed by atoms with Crippen LogP contribution in [0.15, 0.2) is 54.6 Å². The minimum absolute atomic E-state index is 0.0417. The first-order valence-corrected chi connectivity index (χ1v) is 10.5. The third-order valence-electron chi connectivity index (χ3n) is 4.44.